The van der Waals surface area contributed by atoms with E-state index in [2.05, 4.69) is 26.1 Å². The number of halogens is 2. The van der Waals surface area contributed by atoms with Crippen LogP contribution in [-0.2, 0) is 9.59 Å². The van der Waals surface area contributed by atoms with Gasteiger partial charge in [0.1, 0.15) is 12.1 Å². The molecule has 2 aliphatic heterocycles. The maximum absolute atomic E-state index is 13.0. The molecule has 164 valence electrons. The van der Waals surface area contributed by atoms with E-state index in [0.29, 0.717) is 44.9 Å². The highest BCUT2D eigenvalue weighted by atomic mass is 19.3. The van der Waals surface area contributed by atoms with E-state index in [0.717, 1.165) is 17.7 Å². The summed E-state index contributed by atoms with van der Waals surface area (Å²) >= 11 is 0. The molecule has 1 saturated carbocycles. The number of alkyl halides is 2. The monoisotopic (exact) mass is 414 g/mol. The Morgan fingerprint density at radius 2 is 1.72 bits per heavy atom. The summed E-state index contributed by atoms with van der Waals surface area (Å²) < 4.78 is 25.0. The third kappa shape index (κ3) is 4.70. The smallest absolute Gasteiger partial charge is 0.325 e. The number of hydrogen-bond acceptors (Lipinski definition) is 4. The van der Waals surface area contributed by atoms with Crippen LogP contribution < -0.4 is 5.32 Å². The highest BCUT2D eigenvalue weighted by molar-refractivity contribution is 6.09. The van der Waals surface area contributed by atoms with Gasteiger partial charge in [-0.15, -0.1) is 0 Å². The van der Waals surface area contributed by atoms with Crippen LogP contribution in [0.5, 0.6) is 0 Å². The molecule has 2 saturated heterocycles. The highest BCUT2D eigenvalue weighted by Crippen LogP contribution is 2.43. The van der Waals surface area contributed by atoms with E-state index < -0.39 is 18.0 Å². The lowest BCUT2D eigenvalue weighted by molar-refractivity contribution is -0.140. The van der Waals surface area contributed by atoms with E-state index in [1.807, 2.05) is 0 Å². The predicted octanol–water partition coefficient (Wildman–Crippen LogP) is 1.92. The fraction of sp³-hybridized carbons (Fsp3) is 0.850. The first kappa shape index (κ1) is 21.9. The average molecular weight is 414 g/mol. The molecule has 7 nitrogen and oxygen atoms in total. The zero-order valence-corrected chi connectivity index (χ0v) is 17.5. The van der Waals surface area contributed by atoms with Gasteiger partial charge in [-0.1, -0.05) is 20.8 Å². The minimum atomic E-state index is -2.40. The van der Waals surface area contributed by atoms with E-state index in [4.69, 9.17) is 0 Å². The first-order chi connectivity index (χ1) is 13.5. The highest BCUT2D eigenvalue weighted by Gasteiger charge is 2.53. The molecular weight excluding hydrogens is 382 g/mol. The second-order valence-corrected chi connectivity index (χ2v) is 9.62. The van der Waals surface area contributed by atoms with Crippen LogP contribution >= 0.6 is 0 Å². The summed E-state index contributed by atoms with van der Waals surface area (Å²) in [5, 5.41) is 2.85. The molecule has 0 unspecified atom stereocenters. The summed E-state index contributed by atoms with van der Waals surface area (Å²) in [7, 11) is 0. The molecular formula is C20H32F2N4O3. The van der Waals surface area contributed by atoms with E-state index in [9.17, 15) is 23.2 Å². The molecule has 0 radical (unpaired) electrons. The summed E-state index contributed by atoms with van der Waals surface area (Å²) in [6.07, 6.45) is 0.521. The fourth-order valence-electron chi connectivity index (χ4n) is 4.75. The van der Waals surface area contributed by atoms with Crippen LogP contribution in [0.25, 0.3) is 0 Å². The Kier molecular flexibility index (Phi) is 6.17. The molecule has 3 fully saturated rings. The van der Waals surface area contributed by atoms with E-state index in [1.54, 1.807) is 9.80 Å². The van der Waals surface area contributed by atoms with Crippen molar-refractivity contribution in [3.8, 4) is 0 Å². The second-order valence-electron chi connectivity index (χ2n) is 9.62. The number of urea groups is 1. The molecule has 4 amide bonds. The Hall–Kier alpha value is -1.77. The summed E-state index contributed by atoms with van der Waals surface area (Å²) in [5.41, 5.74) is -0.718. The van der Waals surface area contributed by atoms with Gasteiger partial charge in [-0.2, -0.15) is 0 Å². The molecule has 0 atom stereocenters. The molecule has 0 bridgehead atoms. The number of imide groups is 1. The number of nitrogens with zero attached hydrogens (tertiary/aromatic N) is 3. The molecule has 3 rings (SSSR count). The van der Waals surface area contributed by atoms with Crippen molar-refractivity contribution < 1.29 is 23.2 Å². The SMILES string of the molecule is CC(C)(C)C1CCC2(CC1)NC(=O)N(CC(=O)N1CCN(CC(F)F)CC1)C2=O. The zero-order valence-electron chi connectivity index (χ0n) is 17.5. The van der Waals surface area contributed by atoms with Gasteiger partial charge in [-0.25, -0.2) is 13.6 Å². The molecule has 9 heteroatoms. The summed E-state index contributed by atoms with van der Waals surface area (Å²) in [6.45, 7) is 7.38. The topological polar surface area (TPSA) is 73.0 Å². The Morgan fingerprint density at radius 3 is 2.24 bits per heavy atom. The first-order valence-electron chi connectivity index (χ1n) is 10.4. The Bertz CT molecular complexity index is 649. The van der Waals surface area contributed by atoms with Gasteiger partial charge in [-0.3, -0.25) is 19.4 Å². The van der Waals surface area contributed by atoms with Crippen molar-refractivity contribution in [2.45, 2.75) is 58.4 Å². The molecule has 1 N–H and O–H groups in total. The quantitative estimate of drug-likeness (QED) is 0.714. The van der Waals surface area contributed by atoms with Crippen LogP contribution in [-0.4, -0.2) is 83.8 Å². The number of amides is 4. The van der Waals surface area contributed by atoms with E-state index in [-0.39, 0.29) is 30.3 Å². The van der Waals surface area contributed by atoms with Gasteiger partial charge in [0.15, 0.2) is 0 Å². The third-order valence-electron chi connectivity index (χ3n) is 6.72. The van der Waals surface area contributed by atoms with Crippen LogP contribution in [0.3, 0.4) is 0 Å². The van der Waals surface area contributed by atoms with Gasteiger partial charge in [-0.05, 0) is 37.0 Å². The van der Waals surface area contributed by atoms with Crippen molar-refractivity contribution in [2.24, 2.45) is 11.3 Å². The first-order valence-corrected chi connectivity index (χ1v) is 10.4. The predicted molar refractivity (Wildman–Crippen MR) is 103 cm³/mol. The third-order valence-corrected chi connectivity index (χ3v) is 6.72. The number of carbonyl (C=O) groups is 3. The van der Waals surface area contributed by atoms with Crippen LogP contribution in [0, 0.1) is 11.3 Å². The van der Waals surface area contributed by atoms with Crippen molar-refractivity contribution in [3.63, 3.8) is 0 Å². The lowest BCUT2D eigenvalue weighted by Gasteiger charge is -2.40. The number of piperazine rings is 1. The van der Waals surface area contributed by atoms with Crippen LogP contribution in [0.1, 0.15) is 46.5 Å². The number of hydrogen-bond donors (Lipinski definition) is 1. The summed E-state index contributed by atoms with van der Waals surface area (Å²) in [4.78, 5) is 42.3. The van der Waals surface area contributed by atoms with Crippen LogP contribution in [0.2, 0.25) is 0 Å². The van der Waals surface area contributed by atoms with E-state index in [1.165, 1.54) is 0 Å². The molecule has 0 aromatic carbocycles. The van der Waals surface area contributed by atoms with Crippen LogP contribution in [0.4, 0.5) is 13.6 Å². The Morgan fingerprint density at radius 1 is 1.14 bits per heavy atom. The normalized spacial score (nSPS) is 29.1. The Labute approximate surface area is 170 Å². The lowest BCUT2D eigenvalue weighted by Crippen LogP contribution is -2.53. The molecule has 1 aliphatic carbocycles. The maximum atomic E-state index is 13.0. The largest absolute Gasteiger partial charge is 0.339 e. The average Bonchev–Trinajstić information content (AvgIpc) is 2.85. The van der Waals surface area contributed by atoms with Gasteiger partial charge in [0.05, 0.1) is 6.54 Å². The maximum Gasteiger partial charge on any atom is 0.325 e. The van der Waals surface area contributed by atoms with Crippen molar-refractivity contribution in [1.29, 1.82) is 0 Å². The van der Waals surface area contributed by atoms with Gasteiger partial charge in [0.2, 0.25) is 5.91 Å². The standard InChI is InChI=1S/C20H32F2N4O3/c1-19(2,3)14-4-6-20(7-5-14)17(28)26(18(29)23-20)13-16(27)25-10-8-24(9-11-25)12-15(21)22/h14-15H,4-13H2,1-3H3,(H,23,29). The van der Waals surface area contributed by atoms with Crippen molar-refractivity contribution in [3.05, 3.63) is 0 Å². The summed E-state index contributed by atoms with van der Waals surface area (Å²) in [5.74, 6) is -0.122. The van der Waals surface area contributed by atoms with Gasteiger partial charge >= 0.3 is 6.03 Å². The Balaban J connectivity index is 1.55. The van der Waals surface area contributed by atoms with Crippen LogP contribution in [0.15, 0.2) is 0 Å². The minimum Gasteiger partial charge on any atom is -0.339 e. The van der Waals surface area contributed by atoms with Gasteiger partial charge in [0, 0.05) is 26.2 Å². The number of nitrogens with one attached hydrogen (secondary N) is 1. The molecule has 0 aromatic heterocycles. The molecule has 1 spiro atoms. The van der Waals surface area contributed by atoms with Crippen molar-refractivity contribution >= 4 is 17.8 Å². The minimum absolute atomic E-state index is 0.162. The molecule has 2 heterocycles. The van der Waals surface area contributed by atoms with Gasteiger partial charge in [0.25, 0.3) is 12.3 Å². The van der Waals surface area contributed by atoms with Crippen molar-refractivity contribution in [1.82, 2.24) is 20.0 Å². The second kappa shape index (κ2) is 8.16. The molecule has 0 aromatic rings. The number of carbonyl (C=O) groups excluding carboxylic acids is 3. The van der Waals surface area contributed by atoms with Gasteiger partial charge < -0.3 is 10.2 Å². The summed E-state index contributed by atoms with van der Waals surface area (Å²) in [6, 6.07) is -0.506. The van der Waals surface area contributed by atoms with E-state index >= 15 is 0 Å². The zero-order chi connectivity index (χ0) is 21.4. The number of rotatable bonds is 4. The molecule has 3 aliphatic rings. The fourth-order valence-corrected chi connectivity index (χ4v) is 4.75. The van der Waals surface area contributed by atoms with Crippen molar-refractivity contribution in [2.75, 3.05) is 39.3 Å². The lowest BCUT2D eigenvalue weighted by atomic mass is 9.67. The molecule has 29 heavy (non-hydrogen) atoms.